The van der Waals surface area contributed by atoms with E-state index >= 15 is 0 Å². The van der Waals surface area contributed by atoms with Gasteiger partial charge in [-0.3, -0.25) is 0 Å². The van der Waals surface area contributed by atoms with E-state index in [4.69, 9.17) is 4.43 Å². The molecule has 0 amide bonds. The van der Waals surface area contributed by atoms with Gasteiger partial charge in [-0.2, -0.15) is 0 Å². The molecule has 3 rings (SSSR count). The van der Waals surface area contributed by atoms with Crippen molar-refractivity contribution in [1.29, 1.82) is 0 Å². The summed E-state index contributed by atoms with van der Waals surface area (Å²) in [5, 5.41) is 1.92. The van der Waals surface area contributed by atoms with E-state index in [9.17, 15) is 9.59 Å². The Balaban J connectivity index is 2.23. The van der Waals surface area contributed by atoms with Gasteiger partial charge in [0.25, 0.3) is 0 Å². The van der Waals surface area contributed by atoms with Crippen molar-refractivity contribution in [3.63, 3.8) is 0 Å². The highest BCUT2D eigenvalue weighted by atomic mass is 29.3. The van der Waals surface area contributed by atoms with E-state index in [1.54, 1.807) is 0 Å². The number of hydrogen-bond acceptors (Lipinski definition) is 3. The Morgan fingerprint density at radius 2 is 1.30 bits per heavy atom. The Bertz CT molecular complexity index is 533. The highest BCUT2D eigenvalue weighted by molar-refractivity contribution is 7.44. The van der Waals surface area contributed by atoms with Gasteiger partial charge in [0.1, 0.15) is 0 Å². The van der Waals surface area contributed by atoms with Crippen LogP contribution in [0.1, 0.15) is 6.42 Å². The lowest BCUT2D eigenvalue weighted by Gasteiger charge is -2.42. The second-order valence-electron chi connectivity index (χ2n) is 5.18. The van der Waals surface area contributed by atoms with Gasteiger partial charge in [0, 0.05) is 6.61 Å². The van der Waals surface area contributed by atoms with Gasteiger partial charge in [-0.15, -0.1) is 0 Å². The zero-order valence-corrected chi connectivity index (χ0v) is 13.2. The summed E-state index contributed by atoms with van der Waals surface area (Å²) < 4.78 is 6.15. The van der Waals surface area contributed by atoms with Gasteiger partial charge in [0.05, 0.1) is 0 Å². The van der Waals surface area contributed by atoms with Crippen molar-refractivity contribution in [2.45, 2.75) is 12.5 Å². The minimum Gasteiger partial charge on any atom is -0.411 e. The molecule has 0 saturated carbocycles. The van der Waals surface area contributed by atoms with E-state index in [0.717, 1.165) is 16.8 Å². The van der Waals surface area contributed by atoms with E-state index in [1.807, 2.05) is 60.7 Å². The number of hydrogen-bond donors (Lipinski definition) is 2. The highest BCUT2D eigenvalue weighted by Gasteiger charge is 2.62. The quantitative estimate of drug-likeness (QED) is 0.802. The minimum atomic E-state index is -3.44. The van der Waals surface area contributed by atoms with Crippen LogP contribution in [0.5, 0.6) is 0 Å². The van der Waals surface area contributed by atoms with Crippen molar-refractivity contribution in [2.75, 3.05) is 6.61 Å². The third-order valence-electron chi connectivity index (χ3n) is 3.91. The minimum absolute atomic E-state index is 0.489. The molecule has 2 aromatic rings. The van der Waals surface area contributed by atoms with Crippen LogP contribution < -0.4 is 10.4 Å². The predicted octanol–water partition coefficient (Wildman–Crippen LogP) is 0.672. The zero-order chi connectivity index (χ0) is 14.1. The molecule has 20 heavy (non-hydrogen) atoms. The molecule has 1 aliphatic rings. The standard InChI is InChI=1S/C15H18O3Si2/c16-19(17)13-7-12-18-20(19,14-8-3-1-4-9-14)15-10-5-2-6-11-15/h1-6,8-11,16-17H,7,12-13H2. The van der Waals surface area contributed by atoms with Gasteiger partial charge in [-0.05, 0) is 22.8 Å². The van der Waals surface area contributed by atoms with Gasteiger partial charge < -0.3 is 14.0 Å². The first-order valence-corrected chi connectivity index (χ1v) is 11.9. The lowest BCUT2D eigenvalue weighted by molar-refractivity contribution is 0.271. The SMILES string of the molecule is O[Si]1(O)CCCO[Si]1(c1ccccc1)c1ccccc1. The fourth-order valence-corrected chi connectivity index (χ4v) is 13.9. The Morgan fingerprint density at radius 1 is 0.800 bits per heavy atom. The summed E-state index contributed by atoms with van der Waals surface area (Å²) in [7, 11) is -6.35. The van der Waals surface area contributed by atoms with E-state index in [0.29, 0.717) is 12.7 Å². The summed E-state index contributed by atoms with van der Waals surface area (Å²) in [6, 6.07) is 20.0. The number of rotatable bonds is 2. The second-order valence-corrected chi connectivity index (χ2v) is 14.6. The normalized spacial score (nSPS) is 20.5. The van der Waals surface area contributed by atoms with Crippen molar-refractivity contribution in [3.05, 3.63) is 60.7 Å². The molecule has 0 atom stereocenters. The van der Waals surface area contributed by atoms with E-state index in [1.165, 1.54) is 0 Å². The van der Waals surface area contributed by atoms with Crippen molar-refractivity contribution < 1.29 is 14.0 Å². The first-order chi connectivity index (χ1) is 9.67. The summed E-state index contributed by atoms with van der Waals surface area (Å²) in [6.07, 6.45) is 0.730. The third kappa shape index (κ3) is 2.08. The van der Waals surface area contributed by atoms with Crippen molar-refractivity contribution in [1.82, 2.24) is 0 Å². The van der Waals surface area contributed by atoms with Crippen LogP contribution in [0.3, 0.4) is 0 Å². The maximum absolute atomic E-state index is 10.8. The molecule has 5 heteroatoms. The molecule has 3 nitrogen and oxygen atoms in total. The van der Waals surface area contributed by atoms with Crippen LogP contribution >= 0.6 is 0 Å². The lowest BCUT2D eigenvalue weighted by Crippen LogP contribution is -2.80. The van der Waals surface area contributed by atoms with Crippen LogP contribution in [0, 0.1) is 0 Å². The molecule has 0 bridgehead atoms. The Hall–Kier alpha value is -1.25. The fourth-order valence-electron chi connectivity index (χ4n) is 2.98. The topological polar surface area (TPSA) is 49.7 Å². The molecule has 0 aromatic heterocycles. The monoisotopic (exact) mass is 302 g/mol. The van der Waals surface area contributed by atoms with E-state index in [-0.39, 0.29) is 0 Å². The van der Waals surface area contributed by atoms with Crippen molar-refractivity contribution >= 4 is 26.3 Å². The van der Waals surface area contributed by atoms with Crippen LogP contribution in [0.25, 0.3) is 0 Å². The van der Waals surface area contributed by atoms with Crippen molar-refractivity contribution in [2.24, 2.45) is 0 Å². The Labute approximate surface area is 120 Å². The van der Waals surface area contributed by atoms with Gasteiger partial charge >= 0.3 is 15.9 Å². The molecule has 1 fully saturated rings. The van der Waals surface area contributed by atoms with Gasteiger partial charge in [0.2, 0.25) is 0 Å². The molecule has 104 valence electrons. The summed E-state index contributed by atoms with van der Waals surface area (Å²) >= 11 is 0. The first-order valence-electron chi connectivity index (χ1n) is 6.86. The molecular weight excluding hydrogens is 284 g/mol. The molecule has 1 heterocycles. The summed E-state index contributed by atoms with van der Waals surface area (Å²) in [5.41, 5.74) is 0. The van der Waals surface area contributed by atoms with Gasteiger partial charge in [0.15, 0.2) is 0 Å². The molecule has 1 aliphatic heterocycles. The average Bonchev–Trinajstić information content (AvgIpc) is 2.49. The van der Waals surface area contributed by atoms with Gasteiger partial charge in [-0.1, -0.05) is 60.7 Å². The highest BCUT2D eigenvalue weighted by Crippen LogP contribution is 2.26. The Morgan fingerprint density at radius 3 is 1.75 bits per heavy atom. The molecule has 2 aromatic carbocycles. The van der Waals surface area contributed by atoms with Crippen LogP contribution in [0.2, 0.25) is 6.04 Å². The summed E-state index contributed by atoms with van der Waals surface area (Å²) in [4.78, 5) is 21.6. The molecule has 0 aliphatic carbocycles. The molecule has 0 unspecified atom stereocenters. The van der Waals surface area contributed by atoms with Crippen LogP contribution in [0.4, 0.5) is 0 Å². The van der Waals surface area contributed by atoms with Gasteiger partial charge in [-0.25, -0.2) is 0 Å². The molecular formula is C15H18O3Si2. The smallest absolute Gasteiger partial charge is 0.355 e. The average molecular weight is 302 g/mol. The van der Waals surface area contributed by atoms with Crippen LogP contribution in [-0.2, 0) is 4.43 Å². The first kappa shape index (κ1) is 13.7. The van der Waals surface area contributed by atoms with Crippen LogP contribution in [0.15, 0.2) is 60.7 Å². The Kier molecular flexibility index (Phi) is 3.62. The predicted molar refractivity (Wildman–Crippen MR) is 83.5 cm³/mol. The third-order valence-corrected chi connectivity index (χ3v) is 15.3. The largest absolute Gasteiger partial charge is 0.411 e. The van der Waals surface area contributed by atoms with E-state index < -0.39 is 15.9 Å². The second kappa shape index (κ2) is 5.27. The summed E-state index contributed by atoms with van der Waals surface area (Å²) in [5.74, 6) is 0. The molecule has 2 N–H and O–H groups in total. The summed E-state index contributed by atoms with van der Waals surface area (Å²) in [6.45, 7) is 0.603. The van der Waals surface area contributed by atoms with E-state index in [2.05, 4.69) is 0 Å². The maximum Gasteiger partial charge on any atom is 0.355 e. The molecule has 0 spiro atoms. The fraction of sp³-hybridized carbons (Fsp3) is 0.200. The van der Waals surface area contributed by atoms with Crippen molar-refractivity contribution in [3.8, 4) is 0 Å². The molecule has 0 radical (unpaired) electrons. The molecule has 1 saturated heterocycles. The zero-order valence-electron chi connectivity index (χ0n) is 11.2. The lowest BCUT2D eigenvalue weighted by atomic mass is 10.4. The maximum atomic E-state index is 10.8. The van der Waals surface area contributed by atoms with Crippen LogP contribution in [-0.4, -0.2) is 32.1 Å². The number of benzene rings is 2.